The van der Waals surface area contributed by atoms with Crippen LogP contribution in [0.15, 0.2) is 31.0 Å². The Morgan fingerprint density at radius 2 is 2.20 bits per heavy atom. The van der Waals surface area contributed by atoms with Gasteiger partial charge in [-0.25, -0.2) is 32.6 Å². The number of hydrogen-bond acceptors (Lipinski definition) is 6. The van der Waals surface area contributed by atoms with Crippen LogP contribution in [0.5, 0.6) is 0 Å². The molecule has 0 aliphatic carbocycles. The Hall–Kier alpha value is -2.53. The molecule has 1 fully saturated rings. The number of pyridine rings is 1. The molecule has 0 radical (unpaired) electrons. The Kier molecular flexibility index (Phi) is 4.95. The number of sulfonamides is 1. The smallest absolute Gasteiger partial charge is 0.321 e. The fourth-order valence-corrected chi connectivity index (χ4v) is 3.48. The summed E-state index contributed by atoms with van der Waals surface area (Å²) in [6, 6.07) is 2.89. The van der Waals surface area contributed by atoms with Gasteiger partial charge in [-0.15, -0.1) is 0 Å². The molecule has 25 heavy (non-hydrogen) atoms. The Balaban J connectivity index is 1.60. The van der Waals surface area contributed by atoms with Gasteiger partial charge in [0, 0.05) is 19.1 Å². The minimum atomic E-state index is -3.29. The van der Waals surface area contributed by atoms with Crippen LogP contribution in [0, 0.1) is 0 Å². The van der Waals surface area contributed by atoms with Gasteiger partial charge in [-0.2, -0.15) is 5.10 Å². The van der Waals surface area contributed by atoms with Gasteiger partial charge in [0.25, 0.3) is 0 Å². The number of hydrogen-bond donors (Lipinski definition) is 2. The summed E-state index contributed by atoms with van der Waals surface area (Å²) >= 11 is 0. The third-order valence-corrected chi connectivity index (χ3v) is 4.50. The molecule has 2 N–H and O–H groups in total. The van der Waals surface area contributed by atoms with Gasteiger partial charge in [0.1, 0.15) is 12.7 Å². The van der Waals surface area contributed by atoms with Crippen molar-refractivity contribution < 1.29 is 13.2 Å². The van der Waals surface area contributed by atoms with Gasteiger partial charge in [0.15, 0.2) is 5.82 Å². The van der Waals surface area contributed by atoms with E-state index < -0.39 is 10.0 Å². The number of aromatic nitrogens is 4. The van der Waals surface area contributed by atoms with Crippen LogP contribution in [0.1, 0.15) is 12.8 Å². The fourth-order valence-electron chi connectivity index (χ4n) is 2.69. The first-order valence-electron chi connectivity index (χ1n) is 7.75. The number of rotatable bonds is 4. The number of urea groups is 1. The van der Waals surface area contributed by atoms with Gasteiger partial charge in [-0.1, -0.05) is 0 Å². The van der Waals surface area contributed by atoms with Gasteiger partial charge in [0.2, 0.25) is 10.0 Å². The zero-order valence-corrected chi connectivity index (χ0v) is 14.5. The highest BCUT2D eigenvalue weighted by Gasteiger charge is 2.25. The molecule has 0 aromatic carbocycles. The maximum Gasteiger partial charge on any atom is 0.321 e. The fraction of sp³-hybridized carbons (Fsp3) is 0.429. The van der Waals surface area contributed by atoms with Crippen LogP contribution in [-0.4, -0.2) is 64.5 Å². The van der Waals surface area contributed by atoms with Crippen LogP contribution in [0.3, 0.4) is 0 Å². The van der Waals surface area contributed by atoms with E-state index in [1.807, 2.05) is 0 Å². The summed E-state index contributed by atoms with van der Waals surface area (Å²) in [7, 11) is -3.29. The molecule has 134 valence electrons. The monoisotopic (exact) mass is 365 g/mol. The van der Waals surface area contributed by atoms with E-state index in [2.05, 4.69) is 25.1 Å². The van der Waals surface area contributed by atoms with Crippen molar-refractivity contribution in [1.29, 1.82) is 0 Å². The van der Waals surface area contributed by atoms with Crippen molar-refractivity contribution in [2.45, 2.75) is 18.9 Å². The Morgan fingerprint density at radius 1 is 1.36 bits per heavy atom. The second-order valence-electron chi connectivity index (χ2n) is 5.85. The largest absolute Gasteiger partial charge is 0.323 e. The molecule has 2 amide bonds. The first-order chi connectivity index (χ1) is 11.9. The van der Waals surface area contributed by atoms with Crippen molar-refractivity contribution in [3.8, 4) is 5.82 Å². The Labute approximate surface area is 145 Å². The molecule has 2 aromatic rings. The van der Waals surface area contributed by atoms with Crippen LogP contribution < -0.4 is 10.0 Å². The topological polar surface area (TPSA) is 122 Å². The average Bonchev–Trinajstić information content (AvgIpc) is 3.08. The molecule has 0 spiro atoms. The van der Waals surface area contributed by atoms with Crippen molar-refractivity contribution >= 4 is 21.7 Å². The standard InChI is InChI=1S/C14H19N7O3S/c1-25(23,24)19-12-3-2-6-20(8-12)14(22)18-11-4-5-13(16-7-11)21-10-15-9-17-21/h4-5,7,9-10,12,19H,2-3,6,8H2,1H3,(H,18,22)/t12-/m1/s1. The lowest BCUT2D eigenvalue weighted by molar-refractivity contribution is 0.190. The van der Waals surface area contributed by atoms with E-state index in [9.17, 15) is 13.2 Å². The Morgan fingerprint density at radius 3 is 2.84 bits per heavy atom. The minimum Gasteiger partial charge on any atom is -0.323 e. The molecular weight excluding hydrogens is 346 g/mol. The van der Waals surface area contributed by atoms with E-state index >= 15 is 0 Å². The van der Waals surface area contributed by atoms with Crippen molar-refractivity contribution in [2.75, 3.05) is 24.7 Å². The lowest BCUT2D eigenvalue weighted by atomic mass is 10.1. The number of piperidine rings is 1. The molecule has 0 unspecified atom stereocenters. The number of anilines is 1. The summed E-state index contributed by atoms with van der Waals surface area (Å²) in [6.07, 6.45) is 7.05. The van der Waals surface area contributed by atoms with Crippen LogP contribution in [-0.2, 0) is 10.0 Å². The molecule has 11 heteroatoms. The van der Waals surface area contributed by atoms with Gasteiger partial charge in [-0.3, -0.25) is 0 Å². The lowest BCUT2D eigenvalue weighted by Crippen LogP contribution is -2.50. The first-order valence-corrected chi connectivity index (χ1v) is 9.64. The number of likely N-dealkylation sites (tertiary alicyclic amines) is 1. The van der Waals surface area contributed by atoms with Crippen LogP contribution in [0.4, 0.5) is 10.5 Å². The molecule has 1 aliphatic rings. The summed E-state index contributed by atoms with van der Waals surface area (Å²) in [5, 5.41) is 6.75. The molecule has 3 rings (SSSR count). The predicted octanol–water partition coefficient (Wildman–Crippen LogP) is 0.208. The number of nitrogens with one attached hydrogen (secondary N) is 2. The van der Waals surface area contributed by atoms with Gasteiger partial charge in [0.05, 0.1) is 18.1 Å². The van der Waals surface area contributed by atoms with Gasteiger partial charge >= 0.3 is 6.03 Å². The molecule has 10 nitrogen and oxygen atoms in total. The van der Waals surface area contributed by atoms with E-state index in [-0.39, 0.29) is 12.1 Å². The summed E-state index contributed by atoms with van der Waals surface area (Å²) in [5.74, 6) is 0.589. The van der Waals surface area contributed by atoms with Crippen molar-refractivity contribution in [2.24, 2.45) is 0 Å². The SMILES string of the molecule is CS(=O)(=O)N[C@@H]1CCCN(C(=O)Nc2ccc(-n3cncn3)nc2)C1. The summed E-state index contributed by atoms with van der Waals surface area (Å²) in [6.45, 7) is 0.918. The highest BCUT2D eigenvalue weighted by atomic mass is 32.2. The number of carbonyl (C=O) groups excluding carboxylic acids is 1. The molecule has 1 saturated heterocycles. The van der Waals surface area contributed by atoms with Crippen molar-refractivity contribution in [3.05, 3.63) is 31.0 Å². The molecule has 3 heterocycles. The maximum absolute atomic E-state index is 12.4. The van der Waals surface area contributed by atoms with E-state index in [0.29, 0.717) is 31.0 Å². The second-order valence-corrected chi connectivity index (χ2v) is 7.63. The average molecular weight is 365 g/mol. The zero-order valence-electron chi connectivity index (χ0n) is 13.7. The number of carbonyl (C=O) groups is 1. The second kappa shape index (κ2) is 7.15. The van der Waals surface area contributed by atoms with E-state index in [4.69, 9.17) is 0 Å². The third kappa shape index (κ3) is 4.73. The number of amides is 2. The summed E-state index contributed by atoms with van der Waals surface area (Å²) < 4.78 is 26.8. The highest BCUT2D eigenvalue weighted by molar-refractivity contribution is 7.88. The molecule has 1 atom stereocenters. The molecule has 2 aromatic heterocycles. The molecular formula is C14H19N7O3S. The third-order valence-electron chi connectivity index (χ3n) is 3.74. The first kappa shape index (κ1) is 17.3. The molecule has 0 saturated carbocycles. The van der Waals surface area contributed by atoms with Gasteiger partial charge < -0.3 is 10.2 Å². The predicted molar refractivity (Wildman–Crippen MR) is 90.7 cm³/mol. The quantitative estimate of drug-likeness (QED) is 0.798. The summed E-state index contributed by atoms with van der Waals surface area (Å²) in [4.78, 5) is 22.0. The van der Waals surface area contributed by atoms with Crippen molar-refractivity contribution in [1.82, 2.24) is 29.4 Å². The Bertz CT molecular complexity index is 821. The van der Waals surface area contributed by atoms with Crippen LogP contribution >= 0.6 is 0 Å². The minimum absolute atomic E-state index is 0.262. The highest BCUT2D eigenvalue weighted by Crippen LogP contribution is 2.14. The van der Waals surface area contributed by atoms with Crippen molar-refractivity contribution in [3.63, 3.8) is 0 Å². The van der Waals surface area contributed by atoms with E-state index in [1.165, 1.54) is 23.5 Å². The summed E-state index contributed by atoms with van der Waals surface area (Å²) in [5.41, 5.74) is 0.548. The zero-order chi connectivity index (χ0) is 17.9. The van der Waals surface area contributed by atoms with E-state index in [0.717, 1.165) is 12.7 Å². The van der Waals surface area contributed by atoms with Crippen LogP contribution in [0.2, 0.25) is 0 Å². The normalized spacial score (nSPS) is 18.1. The lowest BCUT2D eigenvalue weighted by Gasteiger charge is -2.32. The maximum atomic E-state index is 12.4. The molecule has 1 aliphatic heterocycles. The van der Waals surface area contributed by atoms with Gasteiger partial charge in [-0.05, 0) is 25.0 Å². The van der Waals surface area contributed by atoms with E-state index in [1.54, 1.807) is 17.0 Å². The molecule has 0 bridgehead atoms. The number of nitrogens with zero attached hydrogens (tertiary/aromatic N) is 5. The van der Waals surface area contributed by atoms with Crippen LogP contribution in [0.25, 0.3) is 5.82 Å².